The summed E-state index contributed by atoms with van der Waals surface area (Å²) in [6.45, 7) is 7.86. The van der Waals surface area contributed by atoms with Crippen molar-refractivity contribution < 1.29 is 9.53 Å². The molecule has 1 N–H and O–H groups in total. The molecular weight excluding hydrogens is 420 g/mol. The van der Waals surface area contributed by atoms with Crippen LogP contribution in [0.4, 0.5) is 0 Å². The van der Waals surface area contributed by atoms with Crippen LogP contribution in [0, 0.1) is 13.8 Å². The van der Waals surface area contributed by atoms with E-state index in [0.717, 1.165) is 32.2 Å². The van der Waals surface area contributed by atoms with E-state index in [1.165, 1.54) is 13.3 Å². The number of aryl methyl sites for hydroxylation is 2. The molecule has 8 heteroatoms. The van der Waals surface area contributed by atoms with Crippen LogP contribution in [0.3, 0.4) is 0 Å². The zero-order valence-corrected chi connectivity index (χ0v) is 19.5. The number of methoxy groups -OCH3 is 1. The third kappa shape index (κ3) is 3.75. The van der Waals surface area contributed by atoms with Crippen molar-refractivity contribution in [2.75, 3.05) is 7.11 Å². The second-order valence-corrected chi connectivity index (χ2v) is 8.47. The predicted molar refractivity (Wildman–Crippen MR) is 128 cm³/mol. The Morgan fingerprint density at radius 1 is 1.21 bits per heavy atom. The summed E-state index contributed by atoms with van der Waals surface area (Å²) >= 11 is 0. The average molecular weight is 449 g/mol. The maximum Gasteiger partial charge on any atom is 0.332 e. The fraction of sp³-hybridized carbons (Fsp3) is 0.360. The van der Waals surface area contributed by atoms with Crippen molar-refractivity contribution in [1.82, 2.24) is 19.1 Å². The molecule has 3 heterocycles. The summed E-state index contributed by atoms with van der Waals surface area (Å²) in [5.41, 5.74) is 3.88. The van der Waals surface area contributed by atoms with Crippen LogP contribution >= 0.6 is 0 Å². The molecule has 4 aromatic rings. The van der Waals surface area contributed by atoms with Gasteiger partial charge in [0.15, 0.2) is 5.52 Å². The number of carbonyl (C=O) groups excluding carboxylic acids is 1. The first kappa shape index (κ1) is 22.5. The Kier molecular flexibility index (Phi) is 5.93. The van der Waals surface area contributed by atoms with Gasteiger partial charge >= 0.3 is 11.7 Å². The van der Waals surface area contributed by atoms with Crippen LogP contribution in [0.25, 0.3) is 21.9 Å². The van der Waals surface area contributed by atoms with E-state index in [9.17, 15) is 14.4 Å². The number of hydrogen-bond acceptors (Lipinski definition) is 5. The number of hydrogen-bond donors (Lipinski definition) is 1. The number of nitrogens with zero attached hydrogens (tertiary/aromatic N) is 3. The summed E-state index contributed by atoms with van der Waals surface area (Å²) < 4.78 is 7.56. The molecule has 0 amide bonds. The molecule has 0 aliphatic carbocycles. The molecule has 2 atom stereocenters. The van der Waals surface area contributed by atoms with Gasteiger partial charge in [-0.1, -0.05) is 13.0 Å². The lowest BCUT2D eigenvalue weighted by molar-refractivity contribution is -0.141. The SMILES string of the molecule is CCC(CC(=O)OC)n1c(=O)c2ncccc2n(C(C)c2c[nH]c3cc(C)cc(C)c23)c1=O. The Bertz CT molecular complexity index is 1480. The van der Waals surface area contributed by atoms with E-state index >= 15 is 0 Å². The lowest BCUT2D eigenvalue weighted by Gasteiger charge is -2.23. The Morgan fingerprint density at radius 3 is 2.67 bits per heavy atom. The first-order valence-corrected chi connectivity index (χ1v) is 11.0. The van der Waals surface area contributed by atoms with Gasteiger partial charge in [0, 0.05) is 28.9 Å². The summed E-state index contributed by atoms with van der Waals surface area (Å²) in [4.78, 5) is 46.7. The number of benzene rings is 1. The number of carbonyl (C=O) groups is 1. The molecular formula is C25H28N4O4. The highest BCUT2D eigenvalue weighted by molar-refractivity contribution is 5.88. The van der Waals surface area contributed by atoms with Crippen LogP contribution in [0.15, 0.2) is 46.2 Å². The minimum absolute atomic E-state index is 0.0691. The summed E-state index contributed by atoms with van der Waals surface area (Å²) in [6, 6.07) is 6.62. The van der Waals surface area contributed by atoms with Crippen molar-refractivity contribution >= 4 is 27.9 Å². The monoisotopic (exact) mass is 448 g/mol. The molecule has 0 radical (unpaired) electrons. The van der Waals surface area contributed by atoms with Crippen molar-refractivity contribution in [1.29, 1.82) is 0 Å². The van der Waals surface area contributed by atoms with Crippen molar-refractivity contribution in [2.24, 2.45) is 0 Å². The Morgan fingerprint density at radius 2 is 1.97 bits per heavy atom. The maximum absolute atomic E-state index is 13.8. The molecule has 0 aliphatic rings. The van der Waals surface area contributed by atoms with E-state index in [1.54, 1.807) is 16.7 Å². The van der Waals surface area contributed by atoms with Crippen molar-refractivity contribution in [3.8, 4) is 0 Å². The largest absolute Gasteiger partial charge is 0.469 e. The normalized spacial score (nSPS) is 13.4. The number of pyridine rings is 1. The molecule has 0 fully saturated rings. The summed E-state index contributed by atoms with van der Waals surface area (Å²) in [6.07, 6.45) is 3.80. The molecule has 33 heavy (non-hydrogen) atoms. The number of H-pyrrole nitrogens is 1. The van der Waals surface area contributed by atoms with Gasteiger partial charge in [-0.25, -0.2) is 9.78 Å². The molecule has 0 saturated heterocycles. The van der Waals surface area contributed by atoms with E-state index in [2.05, 4.69) is 22.1 Å². The topological polar surface area (TPSA) is 99.0 Å². The van der Waals surface area contributed by atoms with Gasteiger partial charge in [-0.3, -0.25) is 18.7 Å². The number of fused-ring (bicyclic) bond motifs is 2. The molecule has 172 valence electrons. The molecule has 0 aliphatic heterocycles. The highest BCUT2D eigenvalue weighted by Crippen LogP contribution is 2.31. The number of aromatic nitrogens is 4. The van der Waals surface area contributed by atoms with Gasteiger partial charge in [0.2, 0.25) is 0 Å². The zero-order valence-electron chi connectivity index (χ0n) is 19.5. The van der Waals surface area contributed by atoms with E-state index < -0.39 is 23.3 Å². The second kappa shape index (κ2) is 8.69. The van der Waals surface area contributed by atoms with Crippen LogP contribution in [-0.4, -0.2) is 32.2 Å². The van der Waals surface area contributed by atoms with Gasteiger partial charge in [0.05, 0.1) is 31.1 Å². The van der Waals surface area contributed by atoms with Crippen LogP contribution in [-0.2, 0) is 9.53 Å². The van der Waals surface area contributed by atoms with Gasteiger partial charge in [-0.15, -0.1) is 0 Å². The first-order chi connectivity index (χ1) is 15.8. The van der Waals surface area contributed by atoms with Gasteiger partial charge in [-0.2, -0.15) is 0 Å². The van der Waals surface area contributed by atoms with Crippen LogP contribution < -0.4 is 11.2 Å². The Labute approximate surface area is 190 Å². The minimum Gasteiger partial charge on any atom is -0.469 e. The molecule has 0 bridgehead atoms. The Balaban J connectivity index is 2.01. The van der Waals surface area contributed by atoms with E-state index in [4.69, 9.17) is 4.74 Å². The smallest absolute Gasteiger partial charge is 0.332 e. The van der Waals surface area contributed by atoms with Crippen LogP contribution in [0.1, 0.15) is 55.5 Å². The zero-order chi connectivity index (χ0) is 23.9. The number of aromatic amines is 1. The third-order valence-electron chi connectivity index (χ3n) is 6.33. The lowest BCUT2D eigenvalue weighted by Crippen LogP contribution is -2.44. The number of ether oxygens (including phenoxy) is 1. The average Bonchev–Trinajstić information content (AvgIpc) is 3.22. The van der Waals surface area contributed by atoms with Gasteiger partial charge < -0.3 is 9.72 Å². The predicted octanol–water partition coefficient (Wildman–Crippen LogP) is 3.78. The quantitative estimate of drug-likeness (QED) is 0.453. The Hall–Kier alpha value is -3.68. The molecule has 8 nitrogen and oxygen atoms in total. The fourth-order valence-corrected chi connectivity index (χ4v) is 4.73. The summed E-state index contributed by atoms with van der Waals surface area (Å²) in [5.74, 6) is -0.475. The van der Waals surface area contributed by atoms with Crippen LogP contribution in [0.2, 0.25) is 0 Å². The standard InChI is InChI=1S/C25H28N4O4/c1-6-17(12-21(30)33-5)29-24(31)23-20(8-7-9-26-23)28(25(29)32)16(4)18-13-27-19-11-14(2)10-15(3)22(18)19/h7-11,13,16-17,27H,6,12H2,1-5H3. The minimum atomic E-state index is -0.630. The molecule has 3 aromatic heterocycles. The van der Waals surface area contributed by atoms with Crippen LogP contribution in [0.5, 0.6) is 0 Å². The summed E-state index contributed by atoms with van der Waals surface area (Å²) in [5, 5.41) is 1.05. The maximum atomic E-state index is 13.8. The number of rotatable bonds is 6. The van der Waals surface area contributed by atoms with Gasteiger partial charge in [0.25, 0.3) is 5.56 Å². The summed E-state index contributed by atoms with van der Waals surface area (Å²) in [7, 11) is 1.29. The van der Waals surface area contributed by atoms with Crippen molar-refractivity contribution in [3.63, 3.8) is 0 Å². The molecule has 1 aromatic carbocycles. The lowest BCUT2D eigenvalue weighted by atomic mass is 10.0. The highest BCUT2D eigenvalue weighted by Gasteiger charge is 2.26. The molecule has 4 rings (SSSR count). The first-order valence-electron chi connectivity index (χ1n) is 11.0. The second-order valence-electron chi connectivity index (χ2n) is 8.47. The highest BCUT2D eigenvalue weighted by atomic mass is 16.5. The third-order valence-corrected chi connectivity index (χ3v) is 6.33. The number of esters is 1. The van der Waals surface area contributed by atoms with Gasteiger partial charge in [-0.05, 0) is 56.5 Å². The molecule has 0 spiro atoms. The fourth-order valence-electron chi connectivity index (χ4n) is 4.73. The van der Waals surface area contributed by atoms with Gasteiger partial charge in [0.1, 0.15) is 0 Å². The van der Waals surface area contributed by atoms with Crippen molar-refractivity contribution in [3.05, 3.63) is 74.2 Å². The van der Waals surface area contributed by atoms with E-state index in [-0.39, 0.29) is 18.0 Å². The molecule has 2 unspecified atom stereocenters. The van der Waals surface area contributed by atoms with E-state index in [0.29, 0.717) is 11.9 Å². The number of nitrogens with one attached hydrogen (secondary N) is 1. The van der Waals surface area contributed by atoms with E-state index in [1.807, 2.05) is 33.9 Å². The molecule has 0 saturated carbocycles. The van der Waals surface area contributed by atoms with Crippen molar-refractivity contribution in [2.45, 2.75) is 52.6 Å².